The molecule has 0 aromatic carbocycles. The Labute approximate surface area is 93.0 Å². The van der Waals surface area contributed by atoms with Gasteiger partial charge >= 0.3 is 0 Å². The van der Waals surface area contributed by atoms with Crippen LogP contribution in [0.3, 0.4) is 0 Å². The van der Waals surface area contributed by atoms with Gasteiger partial charge in [-0.2, -0.15) is 0 Å². The van der Waals surface area contributed by atoms with Gasteiger partial charge in [-0.15, -0.1) is 0 Å². The Balaban J connectivity index is 2.26. The van der Waals surface area contributed by atoms with Crippen LogP contribution in [0.1, 0.15) is 46.5 Å². The van der Waals surface area contributed by atoms with Gasteiger partial charge in [-0.1, -0.05) is 13.3 Å². The van der Waals surface area contributed by atoms with E-state index in [1.165, 1.54) is 25.7 Å². The summed E-state index contributed by atoms with van der Waals surface area (Å²) in [5.41, 5.74) is 0. The second-order valence-electron chi connectivity index (χ2n) is 4.57. The highest BCUT2D eigenvalue weighted by Crippen LogP contribution is 2.27. The lowest BCUT2D eigenvalue weighted by Gasteiger charge is -2.18. The Morgan fingerprint density at radius 2 is 2.13 bits per heavy atom. The molecular formula is C12H24N2O. The largest absolute Gasteiger partial charge is 0.355 e. The highest BCUT2D eigenvalue weighted by atomic mass is 16.2. The molecule has 0 spiro atoms. The molecule has 0 heterocycles. The summed E-state index contributed by atoms with van der Waals surface area (Å²) < 4.78 is 0. The van der Waals surface area contributed by atoms with Crippen LogP contribution < -0.4 is 10.6 Å². The number of hydrogen-bond donors (Lipinski definition) is 2. The molecule has 1 saturated carbocycles. The third kappa shape index (κ3) is 3.82. The Kier molecular flexibility index (Phi) is 5.09. The van der Waals surface area contributed by atoms with Crippen molar-refractivity contribution < 1.29 is 4.79 Å². The maximum Gasteiger partial charge on any atom is 0.236 e. The number of carbonyl (C=O) groups excluding carboxylic acids is 1. The number of amides is 1. The van der Waals surface area contributed by atoms with Crippen molar-refractivity contribution in [3.05, 3.63) is 0 Å². The van der Waals surface area contributed by atoms with Crippen molar-refractivity contribution in [3.63, 3.8) is 0 Å². The standard InChI is InChI=1S/C12H24N2O/c1-4-10-6-7-11(8-10)14-9(3)12(15)13-5-2/h9-11,14H,4-8H2,1-3H3,(H,13,15). The van der Waals surface area contributed by atoms with Crippen molar-refractivity contribution in [1.29, 1.82) is 0 Å². The molecule has 0 aliphatic heterocycles. The van der Waals surface area contributed by atoms with Crippen molar-refractivity contribution in [1.82, 2.24) is 10.6 Å². The maximum absolute atomic E-state index is 11.5. The molecule has 1 fully saturated rings. The summed E-state index contributed by atoms with van der Waals surface area (Å²) in [7, 11) is 0. The first-order valence-corrected chi connectivity index (χ1v) is 6.21. The highest BCUT2D eigenvalue weighted by molar-refractivity contribution is 5.81. The van der Waals surface area contributed by atoms with Crippen LogP contribution in [0, 0.1) is 5.92 Å². The third-order valence-electron chi connectivity index (χ3n) is 3.35. The van der Waals surface area contributed by atoms with Crippen molar-refractivity contribution in [2.24, 2.45) is 5.92 Å². The number of carbonyl (C=O) groups is 1. The first-order chi connectivity index (χ1) is 7.17. The molecular weight excluding hydrogens is 188 g/mol. The number of likely N-dealkylation sites (N-methyl/N-ethyl adjacent to an activating group) is 1. The number of hydrogen-bond acceptors (Lipinski definition) is 2. The van der Waals surface area contributed by atoms with Gasteiger partial charge in [0.1, 0.15) is 0 Å². The van der Waals surface area contributed by atoms with Crippen molar-refractivity contribution in [2.75, 3.05) is 6.54 Å². The van der Waals surface area contributed by atoms with Crippen LogP contribution >= 0.6 is 0 Å². The Morgan fingerprint density at radius 1 is 1.40 bits per heavy atom. The lowest BCUT2D eigenvalue weighted by atomic mass is 10.1. The van der Waals surface area contributed by atoms with E-state index in [0.717, 1.165) is 5.92 Å². The van der Waals surface area contributed by atoms with Gasteiger partial charge in [-0.25, -0.2) is 0 Å². The van der Waals surface area contributed by atoms with E-state index in [2.05, 4.69) is 17.6 Å². The van der Waals surface area contributed by atoms with Gasteiger partial charge in [0, 0.05) is 12.6 Å². The van der Waals surface area contributed by atoms with Crippen LogP contribution in [0.25, 0.3) is 0 Å². The quantitative estimate of drug-likeness (QED) is 0.728. The van der Waals surface area contributed by atoms with Crippen molar-refractivity contribution >= 4 is 5.91 Å². The first-order valence-electron chi connectivity index (χ1n) is 6.21. The van der Waals surface area contributed by atoms with Gasteiger partial charge in [-0.3, -0.25) is 4.79 Å². The van der Waals surface area contributed by atoms with Crippen LogP contribution in [0.4, 0.5) is 0 Å². The molecule has 0 aromatic rings. The van der Waals surface area contributed by atoms with Gasteiger partial charge in [0.25, 0.3) is 0 Å². The molecule has 3 nitrogen and oxygen atoms in total. The molecule has 1 amide bonds. The van der Waals surface area contributed by atoms with E-state index < -0.39 is 0 Å². The SMILES string of the molecule is CCNC(=O)C(C)NC1CCC(CC)C1. The van der Waals surface area contributed by atoms with Gasteiger partial charge in [0.05, 0.1) is 6.04 Å². The van der Waals surface area contributed by atoms with Crippen LogP contribution in [0.5, 0.6) is 0 Å². The van der Waals surface area contributed by atoms with Gasteiger partial charge in [0.15, 0.2) is 0 Å². The second-order valence-corrected chi connectivity index (χ2v) is 4.57. The zero-order valence-electron chi connectivity index (χ0n) is 10.2. The highest BCUT2D eigenvalue weighted by Gasteiger charge is 2.25. The van der Waals surface area contributed by atoms with E-state index in [1.54, 1.807) is 0 Å². The van der Waals surface area contributed by atoms with E-state index in [-0.39, 0.29) is 11.9 Å². The second kappa shape index (κ2) is 6.11. The normalized spacial score (nSPS) is 27.7. The third-order valence-corrected chi connectivity index (χ3v) is 3.35. The molecule has 0 aromatic heterocycles. The molecule has 3 atom stereocenters. The van der Waals surface area contributed by atoms with E-state index in [1.807, 2.05) is 13.8 Å². The minimum atomic E-state index is -0.0504. The predicted octanol–water partition coefficient (Wildman–Crippen LogP) is 1.68. The fraction of sp³-hybridized carbons (Fsp3) is 0.917. The van der Waals surface area contributed by atoms with Crippen molar-refractivity contribution in [3.8, 4) is 0 Å². The Morgan fingerprint density at radius 3 is 2.67 bits per heavy atom. The minimum absolute atomic E-state index is 0.0504. The molecule has 2 N–H and O–H groups in total. The fourth-order valence-corrected chi connectivity index (χ4v) is 2.35. The van der Waals surface area contributed by atoms with E-state index in [4.69, 9.17) is 0 Å². The van der Waals surface area contributed by atoms with Crippen LogP contribution in [0.2, 0.25) is 0 Å². The average Bonchev–Trinajstić information content (AvgIpc) is 2.66. The minimum Gasteiger partial charge on any atom is -0.355 e. The van der Waals surface area contributed by atoms with Crippen molar-refractivity contribution in [2.45, 2.75) is 58.5 Å². The summed E-state index contributed by atoms with van der Waals surface area (Å²) in [6.45, 7) is 6.87. The lowest BCUT2D eigenvalue weighted by Crippen LogP contribution is -2.45. The first kappa shape index (κ1) is 12.5. The Bertz CT molecular complexity index is 206. The molecule has 3 unspecified atom stereocenters. The lowest BCUT2D eigenvalue weighted by molar-refractivity contribution is -0.122. The van der Waals surface area contributed by atoms with Crippen LogP contribution in [-0.4, -0.2) is 24.5 Å². The maximum atomic E-state index is 11.5. The van der Waals surface area contributed by atoms with Gasteiger partial charge in [-0.05, 0) is 39.0 Å². The summed E-state index contributed by atoms with van der Waals surface area (Å²) in [5, 5.41) is 6.26. The summed E-state index contributed by atoms with van der Waals surface area (Å²) in [5.74, 6) is 0.987. The summed E-state index contributed by atoms with van der Waals surface area (Å²) in [6, 6.07) is 0.498. The molecule has 1 aliphatic carbocycles. The molecule has 1 aliphatic rings. The monoisotopic (exact) mass is 212 g/mol. The Hall–Kier alpha value is -0.570. The molecule has 1 rings (SSSR count). The molecule has 15 heavy (non-hydrogen) atoms. The zero-order valence-corrected chi connectivity index (χ0v) is 10.2. The molecule has 0 bridgehead atoms. The fourth-order valence-electron chi connectivity index (χ4n) is 2.35. The smallest absolute Gasteiger partial charge is 0.236 e. The van der Waals surface area contributed by atoms with Crippen LogP contribution in [-0.2, 0) is 4.79 Å². The number of rotatable bonds is 5. The number of nitrogens with one attached hydrogen (secondary N) is 2. The van der Waals surface area contributed by atoms with E-state index in [0.29, 0.717) is 12.6 Å². The molecule has 3 heteroatoms. The van der Waals surface area contributed by atoms with Crippen LogP contribution in [0.15, 0.2) is 0 Å². The summed E-state index contributed by atoms with van der Waals surface area (Å²) >= 11 is 0. The van der Waals surface area contributed by atoms with E-state index >= 15 is 0 Å². The zero-order chi connectivity index (χ0) is 11.3. The molecule has 0 saturated heterocycles. The average molecular weight is 212 g/mol. The van der Waals surface area contributed by atoms with E-state index in [9.17, 15) is 4.79 Å². The topological polar surface area (TPSA) is 41.1 Å². The summed E-state index contributed by atoms with van der Waals surface area (Å²) in [6.07, 6.45) is 5.05. The van der Waals surface area contributed by atoms with Gasteiger partial charge in [0.2, 0.25) is 5.91 Å². The predicted molar refractivity (Wildman–Crippen MR) is 62.7 cm³/mol. The molecule has 0 radical (unpaired) electrons. The van der Waals surface area contributed by atoms with Gasteiger partial charge < -0.3 is 10.6 Å². The summed E-state index contributed by atoms with van der Waals surface area (Å²) in [4.78, 5) is 11.5. The molecule has 88 valence electrons.